The van der Waals surface area contributed by atoms with E-state index in [4.69, 9.17) is 0 Å². The summed E-state index contributed by atoms with van der Waals surface area (Å²) in [5, 5.41) is 0. The number of hydrogen-bond donors (Lipinski definition) is 0. The second-order valence-electron chi connectivity index (χ2n) is 3.55. The van der Waals surface area contributed by atoms with Gasteiger partial charge in [0.05, 0.1) is 0 Å². The van der Waals surface area contributed by atoms with Crippen LogP contribution in [0.3, 0.4) is 0 Å². The van der Waals surface area contributed by atoms with Crippen molar-refractivity contribution < 1.29 is 0 Å². The summed E-state index contributed by atoms with van der Waals surface area (Å²) < 4.78 is 0. The van der Waals surface area contributed by atoms with Crippen LogP contribution in [0.25, 0.3) is 6.08 Å². The van der Waals surface area contributed by atoms with Crippen molar-refractivity contribution in [3.05, 3.63) is 47.4 Å². The first-order chi connectivity index (χ1) is 6.42. The molecular weight excluding hydrogens is 156 g/mol. The minimum Gasteiger partial charge on any atom is -0.0830 e. The van der Waals surface area contributed by atoms with Crippen LogP contribution < -0.4 is 0 Å². The summed E-state index contributed by atoms with van der Waals surface area (Å²) in [6.45, 7) is 2.24. The molecule has 0 spiro atoms. The van der Waals surface area contributed by atoms with Gasteiger partial charge in [-0.3, -0.25) is 0 Å². The highest BCUT2D eigenvalue weighted by Crippen LogP contribution is 2.31. The van der Waals surface area contributed by atoms with Gasteiger partial charge in [0.25, 0.3) is 0 Å². The lowest BCUT2D eigenvalue weighted by atomic mass is 9.84. The fourth-order valence-corrected chi connectivity index (χ4v) is 1.94. The molecule has 0 N–H and O–H groups in total. The molecule has 0 aliphatic heterocycles. The highest BCUT2D eigenvalue weighted by Gasteiger charge is 2.15. The molecule has 2 rings (SSSR count). The SMILES string of the molecule is CCC[C]1CC=Cc2ccccc21. The number of rotatable bonds is 2. The van der Waals surface area contributed by atoms with Gasteiger partial charge in [-0.05, 0) is 24.0 Å². The van der Waals surface area contributed by atoms with Crippen molar-refractivity contribution in [2.75, 3.05) is 0 Å². The summed E-state index contributed by atoms with van der Waals surface area (Å²) in [6.07, 6.45) is 8.13. The molecule has 0 unspecified atom stereocenters. The summed E-state index contributed by atoms with van der Waals surface area (Å²) in [6, 6.07) is 8.68. The molecule has 0 fully saturated rings. The third-order valence-corrected chi connectivity index (χ3v) is 2.56. The summed E-state index contributed by atoms with van der Waals surface area (Å²) in [5.41, 5.74) is 2.85. The van der Waals surface area contributed by atoms with Gasteiger partial charge in [0.2, 0.25) is 0 Å². The van der Waals surface area contributed by atoms with Crippen LogP contribution in [0.2, 0.25) is 0 Å². The maximum absolute atomic E-state index is 2.27. The monoisotopic (exact) mass is 171 g/mol. The van der Waals surface area contributed by atoms with Gasteiger partial charge in [-0.25, -0.2) is 0 Å². The Hall–Kier alpha value is -1.04. The van der Waals surface area contributed by atoms with Crippen molar-refractivity contribution in [3.8, 4) is 0 Å². The second kappa shape index (κ2) is 3.78. The quantitative estimate of drug-likeness (QED) is 0.634. The van der Waals surface area contributed by atoms with E-state index < -0.39 is 0 Å². The molecule has 0 saturated heterocycles. The first kappa shape index (κ1) is 8.55. The largest absolute Gasteiger partial charge is 0.0830 e. The van der Waals surface area contributed by atoms with Gasteiger partial charge in [0.15, 0.2) is 0 Å². The Bertz CT molecular complexity index is 310. The lowest BCUT2D eigenvalue weighted by Crippen LogP contribution is -2.03. The molecule has 13 heavy (non-hydrogen) atoms. The van der Waals surface area contributed by atoms with Crippen molar-refractivity contribution in [1.29, 1.82) is 0 Å². The molecular formula is C13H15. The third-order valence-electron chi connectivity index (χ3n) is 2.56. The maximum Gasteiger partial charge on any atom is 0.00933 e. The van der Waals surface area contributed by atoms with Crippen molar-refractivity contribution in [3.63, 3.8) is 0 Å². The topological polar surface area (TPSA) is 0 Å². The van der Waals surface area contributed by atoms with Gasteiger partial charge in [-0.2, -0.15) is 0 Å². The van der Waals surface area contributed by atoms with Crippen LogP contribution in [0.15, 0.2) is 30.3 Å². The predicted octanol–water partition coefficient (Wildman–Crippen LogP) is 3.83. The van der Waals surface area contributed by atoms with Crippen LogP contribution in [-0.2, 0) is 0 Å². The normalized spacial score (nSPS) is 15.8. The zero-order valence-corrected chi connectivity index (χ0v) is 8.09. The highest BCUT2D eigenvalue weighted by atomic mass is 14.2. The molecule has 0 atom stereocenters. The van der Waals surface area contributed by atoms with Gasteiger partial charge in [-0.1, -0.05) is 49.8 Å². The van der Waals surface area contributed by atoms with Crippen LogP contribution in [0.5, 0.6) is 0 Å². The van der Waals surface area contributed by atoms with E-state index in [1.807, 2.05) is 0 Å². The fraction of sp³-hybridized carbons (Fsp3) is 0.308. The van der Waals surface area contributed by atoms with Crippen LogP contribution in [-0.4, -0.2) is 0 Å². The summed E-state index contributed by atoms with van der Waals surface area (Å²) in [7, 11) is 0. The molecule has 0 heterocycles. The molecule has 0 amide bonds. The molecule has 67 valence electrons. The Morgan fingerprint density at radius 1 is 1.23 bits per heavy atom. The molecule has 1 aromatic carbocycles. The smallest absolute Gasteiger partial charge is 0.00933 e. The van der Waals surface area contributed by atoms with E-state index in [-0.39, 0.29) is 0 Å². The minimum atomic E-state index is 1.14. The van der Waals surface area contributed by atoms with E-state index in [1.165, 1.54) is 24.0 Å². The van der Waals surface area contributed by atoms with Gasteiger partial charge >= 0.3 is 0 Å². The summed E-state index contributed by atoms with van der Waals surface area (Å²) in [4.78, 5) is 0. The first-order valence-corrected chi connectivity index (χ1v) is 5.02. The molecule has 0 bridgehead atoms. The van der Waals surface area contributed by atoms with Gasteiger partial charge in [0, 0.05) is 5.92 Å². The minimum absolute atomic E-state index is 1.14. The molecule has 0 aromatic heterocycles. The molecule has 1 aromatic rings. The number of fused-ring (bicyclic) bond motifs is 1. The maximum atomic E-state index is 2.27. The average Bonchev–Trinajstić information content (AvgIpc) is 2.19. The average molecular weight is 171 g/mol. The van der Waals surface area contributed by atoms with E-state index in [0.29, 0.717) is 0 Å². The van der Waals surface area contributed by atoms with Crippen LogP contribution in [0, 0.1) is 5.92 Å². The van der Waals surface area contributed by atoms with E-state index in [0.717, 1.165) is 6.42 Å². The Morgan fingerprint density at radius 2 is 2.08 bits per heavy atom. The molecule has 0 heteroatoms. The van der Waals surface area contributed by atoms with Crippen LogP contribution in [0.1, 0.15) is 37.3 Å². The van der Waals surface area contributed by atoms with Crippen LogP contribution >= 0.6 is 0 Å². The summed E-state index contributed by atoms with van der Waals surface area (Å²) in [5.74, 6) is 1.60. The van der Waals surface area contributed by atoms with E-state index in [9.17, 15) is 0 Å². The number of benzene rings is 1. The zero-order valence-electron chi connectivity index (χ0n) is 8.09. The Balaban J connectivity index is 2.32. The van der Waals surface area contributed by atoms with E-state index in [1.54, 1.807) is 5.92 Å². The predicted molar refractivity (Wildman–Crippen MR) is 57.3 cm³/mol. The van der Waals surface area contributed by atoms with E-state index in [2.05, 4.69) is 43.3 Å². The molecule has 1 aliphatic rings. The van der Waals surface area contributed by atoms with Gasteiger partial charge < -0.3 is 0 Å². The summed E-state index contributed by atoms with van der Waals surface area (Å²) >= 11 is 0. The first-order valence-electron chi connectivity index (χ1n) is 5.02. The van der Waals surface area contributed by atoms with Crippen molar-refractivity contribution in [2.24, 2.45) is 0 Å². The lowest BCUT2D eigenvalue weighted by molar-refractivity contribution is 0.789. The lowest BCUT2D eigenvalue weighted by Gasteiger charge is -2.20. The molecule has 1 radical (unpaired) electrons. The molecule has 0 nitrogen and oxygen atoms in total. The third kappa shape index (κ3) is 1.67. The Morgan fingerprint density at radius 3 is 2.92 bits per heavy atom. The number of allylic oxidation sites excluding steroid dienone is 1. The zero-order chi connectivity index (χ0) is 9.10. The van der Waals surface area contributed by atoms with Crippen molar-refractivity contribution in [2.45, 2.75) is 26.2 Å². The van der Waals surface area contributed by atoms with E-state index >= 15 is 0 Å². The van der Waals surface area contributed by atoms with Gasteiger partial charge in [-0.15, -0.1) is 0 Å². The number of hydrogen-bond acceptors (Lipinski definition) is 0. The highest BCUT2D eigenvalue weighted by molar-refractivity contribution is 5.61. The second-order valence-corrected chi connectivity index (χ2v) is 3.55. The van der Waals surface area contributed by atoms with Gasteiger partial charge in [0.1, 0.15) is 0 Å². The standard InChI is InChI=1S/C13H15/c1-2-6-11-8-5-9-12-7-3-4-10-13(11)12/h3-5,7,9-10H,2,6,8H2,1H3. The molecule has 1 aliphatic carbocycles. The van der Waals surface area contributed by atoms with Crippen LogP contribution in [0.4, 0.5) is 0 Å². The fourth-order valence-electron chi connectivity index (χ4n) is 1.94. The van der Waals surface area contributed by atoms with Crippen molar-refractivity contribution in [1.82, 2.24) is 0 Å². The molecule has 0 saturated carbocycles. The Kier molecular flexibility index (Phi) is 2.49. The Labute approximate surface area is 80.3 Å². The van der Waals surface area contributed by atoms with Crippen molar-refractivity contribution >= 4 is 6.08 Å².